The number of rotatable bonds is 1. The van der Waals surface area contributed by atoms with E-state index in [-0.39, 0.29) is 17.4 Å². The average molecular weight is 436 g/mol. The smallest absolute Gasteiger partial charge is 0.416 e. The largest absolute Gasteiger partial charge is 0.472 e. The highest BCUT2D eigenvalue weighted by Gasteiger charge is 2.32. The lowest BCUT2D eigenvalue weighted by molar-refractivity contribution is -0.137. The molecule has 0 amide bonds. The second-order valence-corrected chi connectivity index (χ2v) is 8.11. The van der Waals surface area contributed by atoms with Gasteiger partial charge in [-0.05, 0) is 56.0 Å². The first-order chi connectivity index (χ1) is 14.2. The van der Waals surface area contributed by atoms with Crippen molar-refractivity contribution in [2.24, 2.45) is 0 Å². The summed E-state index contributed by atoms with van der Waals surface area (Å²) in [5, 5.41) is 0.920. The van der Waals surface area contributed by atoms with Crippen molar-refractivity contribution in [3.05, 3.63) is 67.5 Å². The molecule has 8 heteroatoms. The molecule has 0 bridgehead atoms. The first kappa shape index (κ1) is 19.3. The van der Waals surface area contributed by atoms with Gasteiger partial charge in [-0.2, -0.15) is 13.2 Å². The zero-order valence-electron chi connectivity index (χ0n) is 16.0. The van der Waals surface area contributed by atoms with Crippen LogP contribution in [0.2, 0.25) is 5.02 Å². The first-order valence-corrected chi connectivity index (χ1v) is 9.97. The number of aryl methyl sites for hydroxylation is 2. The topological polar surface area (TPSA) is 42.7 Å². The van der Waals surface area contributed by atoms with Gasteiger partial charge in [0.15, 0.2) is 6.73 Å². The van der Waals surface area contributed by atoms with Crippen LogP contribution >= 0.6 is 11.6 Å². The van der Waals surface area contributed by atoms with Gasteiger partial charge in [-0.25, -0.2) is 4.79 Å². The number of benzene rings is 2. The van der Waals surface area contributed by atoms with Gasteiger partial charge in [0.25, 0.3) is 0 Å². The molecule has 30 heavy (non-hydrogen) atoms. The minimum absolute atomic E-state index is 0.0151. The quantitative estimate of drug-likeness (QED) is 0.465. The molecule has 0 saturated carbocycles. The highest BCUT2D eigenvalue weighted by molar-refractivity contribution is 6.33. The van der Waals surface area contributed by atoms with Crippen LogP contribution in [0.4, 0.5) is 18.9 Å². The predicted octanol–water partition coefficient (Wildman–Crippen LogP) is 5.62. The zero-order chi connectivity index (χ0) is 21.2. The Kier molecular flexibility index (Phi) is 4.29. The van der Waals surface area contributed by atoms with Crippen LogP contribution < -0.4 is 15.3 Å². The summed E-state index contributed by atoms with van der Waals surface area (Å²) in [6, 6.07) is 5.28. The Hall–Kier alpha value is -2.67. The van der Waals surface area contributed by atoms with Crippen LogP contribution in [0.1, 0.15) is 34.2 Å². The van der Waals surface area contributed by atoms with E-state index in [1.54, 1.807) is 4.90 Å². The maximum atomic E-state index is 12.9. The van der Waals surface area contributed by atoms with Crippen molar-refractivity contribution in [2.45, 2.75) is 38.9 Å². The van der Waals surface area contributed by atoms with Crippen LogP contribution in [0, 0.1) is 6.92 Å². The Bertz CT molecular complexity index is 1250. The van der Waals surface area contributed by atoms with E-state index in [1.165, 1.54) is 6.07 Å². The van der Waals surface area contributed by atoms with E-state index >= 15 is 0 Å². The minimum Gasteiger partial charge on any atom is -0.472 e. The molecular formula is C22H17ClF3NO3. The molecule has 0 N–H and O–H groups in total. The lowest BCUT2D eigenvalue weighted by atomic mass is 9.99. The van der Waals surface area contributed by atoms with Gasteiger partial charge < -0.3 is 14.1 Å². The van der Waals surface area contributed by atoms with Crippen LogP contribution in [0.3, 0.4) is 0 Å². The summed E-state index contributed by atoms with van der Waals surface area (Å²) < 4.78 is 50.3. The lowest BCUT2D eigenvalue weighted by Crippen LogP contribution is -2.32. The molecule has 0 saturated heterocycles. The summed E-state index contributed by atoms with van der Waals surface area (Å²) in [6.45, 7) is 2.40. The molecule has 3 aromatic rings. The van der Waals surface area contributed by atoms with Gasteiger partial charge in [-0.3, -0.25) is 0 Å². The van der Waals surface area contributed by atoms with Crippen LogP contribution in [-0.2, 0) is 25.6 Å². The van der Waals surface area contributed by atoms with E-state index in [2.05, 4.69) is 0 Å². The molecule has 4 nitrogen and oxygen atoms in total. The summed E-state index contributed by atoms with van der Waals surface area (Å²) in [6.07, 6.45) is -1.99. The average Bonchev–Trinajstić information content (AvgIpc) is 3.19. The summed E-state index contributed by atoms with van der Waals surface area (Å²) in [5.74, 6) is 0.642. The molecule has 0 radical (unpaired) electrons. The van der Waals surface area contributed by atoms with E-state index in [0.717, 1.165) is 52.6 Å². The number of hydrogen-bond donors (Lipinski definition) is 0. The fourth-order valence-electron chi connectivity index (χ4n) is 4.43. The van der Waals surface area contributed by atoms with Gasteiger partial charge in [0, 0.05) is 28.6 Å². The number of hydrogen-bond acceptors (Lipinski definition) is 4. The molecule has 156 valence electrons. The van der Waals surface area contributed by atoms with Crippen LogP contribution in [0.25, 0.3) is 11.0 Å². The van der Waals surface area contributed by atoms with Gasteiger partial charge in [0.2, 0.25) is 0 Å². The third-order valence-corrected chi connectivity index (χ3v) is 6.16. The van der Waals surface area contributed by atoms with Crippen molar-refractivity contribution in [1.29, 1.82) is 0 Å². The van der Waals surface area contributed by atoms with Crippen molar-refractivity contribution >= 4 is 28.3 Å². The van der Waals surface area contributed by atoms with Gasteiger partial charge in [0.05, 0.1) is 16.3 Å². The van der Waals surface area contributed by atoms with Gasteiger partial charge in [-0.15, -0.1) is 0 Å². The van der Waals surface area contributed by atoms with Crippen molar-refractivity contribution in [1.82, 2.24) is 0 Å². The minimum atomic E-state index is -4.45. The summed E-state index contributed by atoms with van der Waals surface area (Å²) in [7, 11) is 0. The molecule has 2 heterocycles. The Labute approximate surface area is 174 Å². The van der Waals surface area contributed by atoms with E-state index < -0.39 is 11.7 Å². The fourth-order valence-corrected chi connectivity index (χ4v) is 4.73. The fraction of sp³-hybridized carbons (Fsp3) is 0.318. The molecule has 1 aliphatic carbocycles. The summed E-state index contributed by atoms with van der Waals surface area (Å²) in [4.78, 5) is 14.1. The highest BCUT2D eigenvalue weighted by atomic mass is 35.5. The molecule has 0 unspecified atom stereocenters. The second-order valence-electron chi connectivity index (χ2n) is 7.70. The summed E-state index contributed by atoms with van der Waals surface area (Å²) in [5.41, 5.74) is 3.34. The Morgan fingerprint density at radius 1 is 1.13 bits per heavy atom. The second kappa shape index (κ2) is 6.67. The number of alkyl halides is 3. The maximum absolute atomic E-state index is 12.9. The molecule has 0 atom stereocenters. The molecular weight excluding hydrogens is 419 g/mol. The van der Waals surface area contributed by atoms with E-state index in [1.807, 2.05) is 13.0 Å². The van der Waals surface area contributed by atoms with Crippen molar-refractivity contribution in [3.63, 3.8) is 0 Å². The zero-order valence-corrected chi connectivity index (χ0v) is 16.8. The molecule has 1 aromatic heterocycles. The number of anilines is 1. The summed E-state index contributed by atoms with van der Waals surface area (Å²) >= 11 is 6.17. The van der Waals surface area contributed by atoms with E-state index in [9.17, 15) is 18.0 Å². The third kappa shape index (κ3) is 2.95. The Morgan fingerprint density at radius 3 is 2.63 bits per heavy atom. The van der Waals surface area contributed by atoms with Crippen LogP contribution in [-0.4, -0.2) is 6.73 Å². The molecule has 0 fully saturated rings. The lowest BCUT2D eigenvalue weighted by Gasteiger charge is -2.32. The molecule has 2 aliphatic rings. The third-order valence-electron chi connectivity index (χ3n) is 5.86. The highest BCUT2D eigenvalue weighted by Crippen LogP contribution is 2.41. The number of ether oxygens (including phenoxy) is 1. The molecule has 2 aromatic carbocycles. The number of fused-ring (bicyclic) bond motifs is 4. The maximum Gasteiger partial charge on any atom is 0.416 e. The Balaban J connectivity index is 1.57. The number of halogens is 4. The van der Waals surface area contributed by atoms with Gasteiger partial charge >= 0.3 is 11.8 Å². The van der Waals surface area contributed by atoms with Crippen LogP contribution in [0.5, 0.6) is 5.75 Å². The van der Waals surface area contributed by atoms with E-state index in [0.29, 0.717) is 30.0 Å². The van der Waals surface area contributed by atoms with Gasteiger partial charge in [-0.1, -0.05) is 11.6 Å². The van der Waals surface area contributed by atoms with E-state index in [4.69, 9.17) is 20.8 Å². The first-order valence-electron chi connectivity index (χ1n) is 9.59. The molecule has 0 spiro atoms. The molecule has 1 aliphatic heterocycles. The monoisotopic (exact) mass is 435 g/mol. The van der Waals surface area contributed by atoms with Gasteiger partial charge in [0.1, 0.15) is 11.3 Å². The Morgan fingerprint density at radius 2 is 1.90 bits per heavy atom. The molecule has 5 rings (SSSR count). The van der Waals surface area contributed by atoms with Crippen molar-refractivity contribution < 1.29 is 22.3 Å². The normalized spacial score (nSPS) is 15.8. The standard InChI is InChI=1S/C22H17ClF3NO3/c1-11-19-12(7-16-14-3-2-4-15(14)21(28)30-20(11)16)9-27(10-29-19)18-6-5-13(8-17(18)23)22(24,25)26/h5-8H,2-4,9-10H2,1H3. The van der Waals surface area contributed by atoms with Crippen LogP contribution in [0.15, 0.2) is 33.5 Å². The number of nitrogens with zero attached hydrogens (tertiary/aromatic N) is 1. The van der Waals surface area contributed by atoms with Crippen molar-refractivity contribution in [2.75, 3.05) is 11.6 Å². The SMILES string of the molecule is Cc1c2c(cc3c4c(c(=O)oc13)CCC4)CN(c1ccc(C(F)(F)F)cc1Cl)CO2. The van der Waals surface area contributed by atoms with Crippen molar-refractivity contribution in [3.8, 4) is 5.75 Å². The predicted molar refractivity (Wildman–Crippen MR) is 107 cm³/mol.